The first-order chi connectivity index (χ1) is 15.4. The van der Waals surface area contributed by atoms with Crippen LogP contribution in [0, 0.1) is 11.7 Å². The Hall–Kier alpha value is -2.52. The van der Waals surface area contributed by atoms with Crippen molar-refractivity contribution >= 4 is 33.0 Å². The van der Waals surface area contributed by atoms with Crippen LogP contribution < -0.4 is 10.6 Å². The molecule has 3 atom stereocenters. The molecule has 0 bridgehead atoms. The molecule has 11 heteroatoms. The quantitative estimate of drug-likeness (QED) is 0.349. The van der Waals surface area contributed by atoms with E-state index in [0.29, 0.717) is 25.0 Å². The monoisotopic (exact) mass is 460 g/mol. The Balaban J connectivity index is 1.79. The van der Waals surface area contributed by atoms with Crippen molar-refractivity contribution in [1.29, 1.82) is 0 Å². The summed E-state index contributed by atoms with van der Waals surface area (Å²) in [5, 5.41) is 15.0. The molecule has 5 nitrogen and oxygen atoms in total. The van der Waals surface area contributed by atoms with Crippen LogP contribution in [0.4, 0.5) is 28.9 Å². The molecule has 3 unspecified atom stereocenters. The van der Waals surface area contributed by atoms with E-state index in [1.807, 2.05) is 24.3 Å². The fraction of sp³-hybridized carbons (Fsp3) is 0.409. The van der Waals surface area contributed by atoms with Crippen molar-refractivity contribution in [2.75, 3.05) is 17.7 Å². The summed E-state index contributed by atoms with van der Waals surface area (Å²) in [6.07, 6.45) is -4.44. The predicted octanol–water partition coefficient (Wildman–Crippen LogP) is 3.73. The van der Waals surface area contributed by atoms with E-state index in [1.54, 1.807) is 7.05 Å². The van der Waals surface area contributed by atoms with Crippen LogP contribution in [0.3, 0.4) is 0 Å². The molecule has 0 heterocycles. The van der Waals surface area contributed by atoms with Crippen molar-refractivity contribution in [3.8, 4) is 0 Å². The molecule has 172 valence electrons. The van der Waals surface area contributed by atoms with Gasteiger partial charge in [-0.1, -0.05) is 12.1 Å². The van der Waals surface area contributed by atoms with Crippen molar-refractivity contribution in [1.82, 2.24) is 0 Å². The van der Waals surface area contributed by atoms with Gasteiger partial charge in [0.15, 0.2) is 0 Å². The standard InChI is InChI=1S/C22H22B2F4N2O3/c1-29-16-5-2-12(3-6-16)13-8-14(10-17(9-13)33-22(23,24)32)20(31)30-19-7-4-15(11-18(19)25)21(26,27)28/h2-7,11,13-14,17,29,32H,8-10H2,1H3,(H,30,31). The van der Waals surface area contributed by atoms with Crippen LogP contribution in [0.1, 0.15) is 36.3 Å². The summed E-state index contributed by atoms with van der Waals surface area (Å²) in [7, 11) is 12.5. The summed E-state index contributed by atoms with van der Waals surface area (Å²) in [5.41, 5.74) is -2.10. The van der Waals surface area contributed by atoms with Gasteiger partial charge in [0.05, 0.1) is 22.9 Å². The van der Waals surface area contributed by atoms with Crippen molar-refractivity contribution in [2.45, 2.75) is 43.0 Å². The largest absolute Gasteiger partial charge is 0.416 e. The van der Waals surface area contributed by atoms with E-state index < -0.39 is 41.1 Å². The fourth-order valence-electron chi connectivity index (χ4n) is 4.07. The van der Waals surface area contributed by atoms with Crippen LogP contribution in [0.25, 0.3) is 0 Å². The maximum Gasteiger partial charge on any atom is 0.416 e. The van der Waals surface area contributed by atoms with Gasteiger partial charge in [-0.05, 0) is 61.1 Å². The molecule has 0 aromatic heterocycles. The molecule has 0 spiro atoms. The average molecular weight is 460 g/mol. The maximum atomic E-state index is 14.2. The molecule has 1 fully saturated rings. The number of halogens is 4. The number of carbonyl (C=O) groups excluding carboxylic acids is 1. The lowest BCUT2D eigenvalue weighted by atomic mass is 9.73. The third-order valence-corrected chi connectivity index (χ3v) is 5.62. The minimum absolute atomic E-state index is 0.135. The van der Waals surface area contributed by atoms with Crippen LogP contribution >= 0.6 is 0 Å². The van der Waals surface area contributed by atoms with Crippen molar-refractivity contribution in [3.05, 3.63) is 59.4 Å². The number of aliphatic hydroxyl groups is 1. The molecule has 1 amide bonds. The van der Waals surface area contributed by atoms with E-state index in [2.05, 4.69) is 10.6 Å². The first-order valence-electron chi connectivity index (χ1n) is 10.3. The highest BCUT2D eigenvalue weighted by Gasteiger charge is 2.37. The molecule has 1 aliphatic rings. The third-order valence-electron chi connectivity index (χ3n) is 5.62. The highest BCUT2D eigenvalue weighted by molar-refractivity contribution is 6.37. The Morgan fingerprint density at radius 3 is 2.30 bits per heavy atom. The van der Waals surface area contributed by atoms with E-state index in [9.17, 15) is 27.5 Å². The lowest BCUT2D eigenvalue weighted by molar-refractivity contribution is -0.140. The van der Waals surface area contributed by atoms with Gasteiger partial charge in [0.1, 0.15) is 21.5 Å². The number of hydrogen-bond acceptors (Lipinski definition) is 4. The minimum Gasteiger partial charge on any atom is -0.388 e. The van der Waals surface area contributed by atoms with Crippen molar-refractivity contribution in [2.24, 2.45) is 5.92 Å². The summed E-state index contributed by atoms with van der Waals surface area (Å²) < 4.78 is 57.8. The van der Waals surface area contributed by atoms with Gasteiger partial charge < -0.3 is 20.5 Å². The van der Waals surface area contributed by atoms with Gasteiger partial charge in [-0.2, -0.15) is 13.2 Å². The predicted molar refractivity (Wildman–Crippen MR) is 117 cm³/mol. The molecule has 3 N–H and O–H groups in total. The number of ether oxygens (including phenoxy) is 1. The zero-order valence-corrected chi connectivity index (χ0v) is 17.8. The second-order valence-electron chi connectivity index (χ2n) is 8.15. The van der Waals surface area contributed by atoms with E-state index in [1.165, 1.54) is 0 Å². The maximum absolute atomic E-state index is 14.2. The summed E-state index contributed by atoms with van der Waals surface area (Å²) in [6, 6.07) is 9.42. The van der Waals surface area contributed by atoms with Gasteiger partial charge in [-0.15, -0.1) is 0 Å². The number of alkyl halides is 3. The SMILES string of the molecule is [B]C([B])(O)OC1CC(C(=O)Nc2ccc(C(F)(F)F)cc2F)CC(c2ccc(NC)cc2)C1. The molecule has 2 aromatic carbocycles. The first-order valence-corrected chi connectivity index (χ1v) is 10.3. The number of carbonyl (C=O) groups is 1. The van der Waals surface area contributed by atoms with Gasteiger partial charge >= 0.3 is 6.18 Å². The van der Waals surface area contributed by atoms with Crippen LogP contribution in [0.15, 0.2) is 42.5 Å². The van der Waals surface area contributed by atoms with E-state index >= 15 is 0 Å². The summed E-state index contributed by atoms with van der Waals surface area (Å²) in [4.78, 5) is 12.9. The molecule has 0 aliphatic heterocycles. The Morgan fingerprint density at radius 1 is 1.09 bits per heavy atom. The molecule has 0 saturated heterocycles. The van der Waals surface area contributed by atoms with Crippen molar-refractivity contribution in [3.63, 3.8) is 0 Å². The average Bonchev–Trinajstić information content (AvgIpc) is 2.73. The summed E-state index contributed by atoms with van der Waals surface area (Å²) >= 11 is 0. The molecular weight excluding hydrogens is 438 g/mol. The zero-order valence-electron chi connectivity index (χ0n) is 17.8. The van der Waals surface area contributed by atoms with Crippen LogP contribution in [0.2, 0.25) is 0 Å². The highest BCUT2D eigenvalue weighted by Crippen LogP contribution is 2.39. The van der Waals surface area contributed by atoms with Crippen LogP contribution in [-0.4, -0.2) is 45.4 Å². The molecule has 1 aliphatic carbocycles. The topological polar surface area (TPSA) is 70.6 Å². The van der Waals surface area contributed by atoms with E-state index in [-0.39, 0.29) is 18.0 Å². The molecule has 3 rings (SSSR count). The van der Waals surface area contributed by atoms with Gasteiger partial charge in [0.2, 0.25) is 5.91 Å². The number of nitrogens with one attached hydrogen (secondary N) is 2. The fourth-order valence-corrected chi connectivity index (χ4v) is 4.07. The number of rotatable bonds is 6. The number of anilines is 2. The third kappa shape index (κ3) is 6.74. The van der Waals surface area contributed by atoms with Gasteiger partial charge in [-0.3, -0.25) is 4.79 Å². The lowest BCUT2D eigenvalue weighted by Gasteiger charge is -2.37. The molecule has 1 saturated carbocycles. The summed E-state index contributed by atoms with van der Waals surface area (Å²) in [6.45, 7) is 0. The van der Waals surface area contributed by atoms with Crippen LogP contribution in [-0.2, 0) is 15.7 Å². The Bertz CT molecular complexity index is 981. The minimum atomic E-state index is -4.70. The highest BCUT2D eigenvalue weighted by atomic mass is 19.4. The number of benzene rings is 2. The molecule has 2 aromatic rings. The normalized spacial score (nSPS) is 21.5. The Labute approximate surface area is 191 Å². The van der Waals surface area contributed by atoms with Gasteiger partial charge in [0.25, 0.3) is 0 Å². The smallest absolute Gasteiger partial charge is 0.388 e. The van der Waals surface area contributed by atoms with Gasteiger partial charge in [-0.25, -0.2) is 4.39 Å². The second-order valence-corrected chi connectivity index (χ2v) is 8.15. The molecule has 33 heavy (non-hydrogen) atoms. The Kier molecular flexibility index (Phi) is 7.43. The molecular formula is C22H22B2F4N2O3. The molecule has 4 radical (unpaired) electrons. The first kappa shape index (κ1) is 25.1. The number of amides is 1. The summed E-state index contributed by atoms with van der Waals surface area (Å²) in [5.74, 6) is -2.64. The second kappa shape index (κ2) is 9.77. The van der Waals surface area contributed by atoms with Gasteiger partial charge in [0, 0.05) is 18.7 Å². The van der Waals surface area contributed by atoms with Crippen LogP contribution in [0.5, 0.6) is 0 Å². The van der Waals surface area contributed by atoms with E-state index in [4.69, 9.17) is 20.4 Å². The lowest BCUT2D eigenvalue weighted by Crippen LogP contribution is -2.42. The van der Waals surface area contributed by atoms with Crippen molar-refractivity contribution < 1.29 is 32.2 Å². The van der Waals surface area contributed by atoms with E-state index in [0.717, 1.165) is 17.3 Å². The zero-order chi connectivity index (χ0) is 24.4. The number of hydrogen-bond donors (Lipinski definition) is 3. The Morgan fingerprint density at radius 2 is 1.76 bits per heavy atom.